The summed E-state index contributed by atoms with van der Waals surface area (Å²) in [6.45, 7) is 3.62. The standard InChI is InChI=1S/C16H25NO3/c1-12(18)15(16(19)20-2)13-8-4-5-9-14(13)17-10-6-3-7-11-17/h15H,3-11H2,1-2H3. The molecular formula is C16H25NO3. The summed E-state index contributed by atoms with van der Waals surface area (Å²) in [5.41, 5.74) is 2.28. The number of methoxy groups -OCH3 is 1. The Morgan fingerprint density at radius 1 is 1.05 bits per heavy atom. The van der Waals surface area contributed by atoms with Gasteiger partial charge in [0.1, 0.15) is 11.7 Å². The van der Waals surface area contributed by atoms with E-state index in [1.807, 2.05) is 0 Å². The summed E-state index contributed by atoms with van der Waals surface area (Å²) in [7, 11) is 1.36. The molecule has 0 N–H and O–H groups in total. The van der Waals surface area contributed by atoms with Gasteiger partial charge in [0.25, 0.3) is 0 Å². The van der Waals surface area contributed by atoms with Crippen molar-refractivity contribution >= 4 is 11.8 Å². The molecular weight excluding hydrogens is 254 g/mol. The maximum atomic E-state index is 12.0. The van der Waals surface area contributed by atoms with Gasteiger partial charge in [-0.25, -0.2) is 0 Å². The van der Waals surface area contributed by atoms with Crippen LogP contribution in [-0.2, 0) is 14.3 Å². The summed E-state index contributed by atoms with van der Waals surface area (Å²) in [5.74, 6) is -1.18. The first-order valence-corrected chi connectivity index (χ1v) is 7.70. The molecule has 0 spiro atoms. The van der Waals surface area contributed by atoms with Crippen LogP contribution in [0.2, 0.25) is 0 Å². The number of carbonyl (C=O) groups is 2. The molecule has 1 unspecified atom stereocenters. The van der Waals surface area contributed by atoms with E-state index in [2.05, 4.69) is 4.90 Å². The maximum Gasteiger partial charge on any atom is 0.320 e. The highest BCUT2D eigenvalue weighted by Crippen LogP contribution is 2.34. The van der Waals surface area contributed by atoms with Crippen molar-refractivity contribution in [3.8, 4) is 0 Å². The smallest absolute Gasteiger partial charge is 0.320 e. The molecule has 0 amide bonds. The molecule has 2 aliphatic rings. The van der Waals surface area contributed by atoms with Crippen molar-refractivity contribution < 1.29 is 14.3 Å². The van der Waals surface area contributed by atoms with Gasteiger partial charge in [-0.1, -0.05) is 0 Å². The molecule has 1 aliphatic carbocycles. The molecule has 0 radical (unpaired) electrons. The van der Waals surface area contributed by atoms with E-state index in [1.165, 1.54) is 39.0 Å². The Labute approximate surface area is 121 Å². The Kier molecular flexibility index (Phi) is 5.21. The van der Waals surface area contributed by atoms with E-state index in [0.717, 1.165) is 44.3 Å². The van der Waals surface area contributed by atoms with Crippen LogP contribution < -0.4 is 0 Å². The number of Topliss-reactive ketones (excluding diaryl/α,β-unsaturated/α-hetero) is 1. The molecule has 0 saturated carbocycles. The van der Waals surface area contributed by atoms with E-state index in [4.69, 9.17) is 4.74 Å². The lowest BCUT2D eigenvalue weighted by Gasteiger charge is -2.36. The van der Waals surface area contributed by atoms with Crippen molar-refractivity contribution in [2.24, 2.45) is 5.92 Å². The third-order valence-corrected chi connectivity index (χ3v) is 4.41. The highest BCUT2D eigenvalue weighted by molar-refractivity contribution is 6.00. The number of hydrogen-bond acceptors (Lipinski definition) is 4. The van der Waals surface area contributed by atoms with Gasteiger partial charge < -0.3 is 9.64 Å². The summed E-state index contributed by atoms with van der Waals surface area (Å²) in [4.78, 5) is 26.3. The van der Waals surface area contributed by atoms with Crippen LogP contribution in [0.15, 0.2) is 11.3 Å². The molecule has 4 nitrogen and oxygen atoms in total. The molecule has 1 fully saturated rings. The lowest BCUT2D eigenvalue weighted by Crippen LogP contribution is -2.35. The number of ether oxygens (including phenoxy) is 1. The summed E-state index contributed by atoms with van der Waals surface area (Å²) >= 11 is 0. The van der Waals surface area contributed by atoms with Crippen LogP contribution in [0.5, 0.6) is 0 Å². The monoisotopic (exact) mass is 279 g/mol. The molecule has 0 aromatic carbocycles. The van der Waals surface area contributed by atoms with Gasteiger partial charge in [0, 0.05) is 18.8 Å². The molecule has 1 atom stereocenters. The Hall–Kier alpha value is -1.32. The lowest BCUT2D eigenvalue weighted by molar-refractivity contribution is -0.147. The van der Waals surface area contributed by atoms with E-state index in [-0.39, 0.29) is 5.78 Å². The minimum atomic E-state index is -0.683. The largest absolute Gasteiger partial charge is 0.468 e. The lowest BCUT2D eigenvalue weighted by atomic mass is 9.84. The minimum absolute atomic E-state index is 0.0942. The third kappa shape index (κ3) is 3.22. The van der Waals surface area contributed by atoms with Crippen molar-refractivity contribution in [1.29, 1.82) is 0 Å². The first-order chi connectivity index (χ1) is 9.65. The molecule has 112 valence electrons. The maximum absolute atomic E-state index is 12.0. The van der Waals surface area contributed by atoms with Gasteiger partial charge in [-0.05, 0) is 57.4 Å². The van der Waals surface area contributed by atoms with Gasteiger partial charge in [0.15, 0.2) is 0 Å². The Morgan fingerprint density at radius 3 is 2.30 bits per heavy atom. The SMILES string of the molecule is COC(=O)C(C(C)=O)C1=C(N2CCCCC2)CCCC1. The van der Waals surface area contributed by atoms with Gasteiger partial charge in [0.05, 0.1) is 7.11 Å². The van der Waals surface area contributed by atoms with Crippen molar-refractivity contribution in [2.75, 3.05) is 20.2 Å². The molecule has 2 rings (SSSR count). The van der Waals surface area contributed by atoms with E-state index in [9.17, 15) is 9.59 Å². The van der Waals surface area contributed by atoms with Crippen LogP contribution in [0.4, 0.5) is 0 Å². The van der Waals surface area contributed by atoms with E-state index in [1.54, 1.807) is 0 Å². The zero-order valence-corrected chi connectivity index (χ0v) is 12.6. The first kappa shape index (κ1) is 15.1. The summed E-state index contributed by atoms with van der Waals surface area (Å²) in [5, 5.41) is 0. The predicted octanol–water partition coefficient (Wildman–Crippen LogP) is 2.68. The highest BCUT2D eigenvalue weighted by Gasteiger charge is 2.33. The Morgan fingerprint density at radius 2 is 1.70 bits per heavy atom. The van der Waals surface area contributed by atoms with Crippen molar-refractivity contribution in [3.05, 3.63) is 11.3 Å². The molecule has 4 heteroatoms. The van der Waals surface area contributed by atoms with Crippen LogP contribution in [0.1, 0.15) is 51.9 Å². The van der Waals surface area contributed by atoms with Crippen molar-refractivity contribution in [1.82, 2.24) is 4.90 Å². The zero-order valence-electron chi connectivity index (χ0n) is 12.6. The third-order valence-electron chi connectivity index (χ3n) is 4.41. The number of hydrogen-bond donors (Lipinski definition) is 0. The second kappa shape index (κ2) is 6.91. The number of likely N-dealkylation sites (tertiary alicyclic amines) is 1. The van der Waals surface area contributed by atoms with Gasteiger partial charge in [-0.3, -0.25) is 9.59 Å². The second-order valence-electron chi connectivity index (χ2n) is 5.79. The number of piperidine rings is 1. The number of rotatable bonds is 4. The second-order valence-corrected chi connectivity index (χ2v) is 5.79. The zero-order chi connectivity index (χ0) is 14.5. The van der Waals surface area contributed by atoms with E-state index in [0.29, 0.717) is 0 Å². The highest BCUT2D eigenvalue weighted by atomic mass is 16.5. The average Bonchev–Trinajstić information content (AvgIpc) is 2.48. The fourth-order valence-corrected chi connectivity index (χ4v) is 3.42. The van der Waals surface area contributed by atoms with Crippen LogP contribution in [0.3, 0.4) is 0 Å². The summed E-state index contributed by atoms with van der Waals surface area (Å²) in [6.07, 6.45) is 7.77. The van der Waals surface area contributed by atoms with Gasteiger partial charge >= 0.3 is 5.97 Å². The van der Waals surface area contributed by atoms with Crippen molar-refractivity contribution in [2.45, 2.75) is 51.9 Å². The topological polar surface area (TPSA) is 46.6 Å². The van der Waals surface area contributed by atoms with E-state index >= 15 is 0 Å². The Balaban J connectivity index is 2.32. The van der Waals surface area contributed by atoms with Crippen LogP contribution in [0.25, 0.3) is 0 Å². The van der Waals surface area contributed by atoms with Crippen molar-refractivity contribution in [3.63, 3.8) is 0 Å². The minimum Gasteiger partial charge on any atom is -0.468 e. The number of ketones is 1. The van der Waals surface area contributed by atoms with Gasteiger partial charge in [-0.15, -0.1) is 0 Å². The predicted molar refractivity (Wildman–Crippen MR) is 77.1 cm³/mol. The fourth-order valence-electron chi connectivity index (χ4n) is 3.42. The molecule has 1 aliphatic heterocycles. The molecule has 0 aromatic rings. The molecule has 0 bridgehead atoms. The molecule has 1 saturated heterocycles. The first-order valence-electron chi connectivity index (χ1n) is 7.70. The van der Waals surface area contributed by atoms with Crippen LogP contribution >= 0.6 is 0 Å². The molecule has 20 heavy (non-hydrogen) atoms. The number of esters is 1. The summed E-state index contributed by atoms with van der Waals surface area (Å²) < 4.78 is 4.85. The van der Waals surface area contributed by atoms with Gasteiger partial charge in [-0.2, -0.15) is 0 Å². The van der Waals surface area contributed by atoms with Gasteiger partial charge in [0.2, 0.25) is 0 Å². The summed E-state index contributed by atoms with van der Waals surface area (Å²) in [6, 6.07) is 0. The average molecular weight is 279 g/mol. The number of nitrogens with zero attached hydrogens (tertiary/aromatic N) is 1. The number of allylic oxidation sites excluding steroid dienone is 1. The van der Waals surface area contributed by atoms with Crippen LogP contribution in [0, 0.1) is 5.92 Å². The normalized spacial score (nSPS) is 21.6. The fraction of sp³-hybridized carbons (Fsp3) is 0.750. The molecule has 0 aromatic heterocycles. The number of carbonyl (C=O) groups excluding carboxylic acids is 2. The quantitative estimate of drug-likeness (QED) is 0.586. The molecule has 1 heterocycles. The Bertz CT molecular complexity index is 408. The van der Waals surface area contributed by atoms with E-state index < -0.39 is 11.9 Å². The van der Waals surface area contributed by atoms with Crippen LogP contribution in [-0.4, -0.2) is 36.9 Å².